The largest absolute Gasteiger partial charge is 0.496 e. The Balaban J connectivity index is 1.60. The minimum absolute atomic E-state index is 0.00963. The van der Waals surface area contributed by atoms with Crippen LogP contribution in [-0.2, 0) is 21.0 Å². The van der Waals surface area contributed by atoms with Crippen LogP contribution in [0.15, 0.2) is 48.7 Å². The van der Waals surface area contributed by atoms with Gasteiger partial charge in [-0.2, -0.15) is 5.06 Å². The number of para-hydroxylation sites is 1. The van der Waals surface area contributed by atoms with E-state index in [9.17, 15) is 19.8 Å². The van der Waals surface area contributed by atoms with Crippen molar-refractivity contribution in [3.05, 3.63) is 59.8 Å². The van der Waals surface area contributed by atoms with Gasteiger partial charge in [-0.25, -0.2) is 0 Å². The number of hydrogen-bond donors (Lipinski definition) is 5. The molecule has 2 amide bonds. The van der Waals surface area contributed by atoms with Crippen LogP contribution in [0.25, 0.3) is 5.57 Å². The molecule has 3 aliphatic carbocycles. The maximum atomic E-state index is 14.2. The van der Waals surface area contributed by atoms with E-state index in [4.69, 9.17) is 15.3 Å². The van der Waals surface area contributed by atoms with E-state index in [1.807, 2.05) is 32.3 Å². The zero-order chi connectivity index (χ0) is 37.8. The molecule has 9 atom stereocenters. The molecule has 1 saturated heterocycles. The molecule has 2 bridgehead atoms. The van der Waals surface area contributed by atoms with Gasteiger partial charge in [0.05, 0.1) is 26.4 Å². The summed E-state index contributed by atoms with van der Waals surface area (Å²) in [6, 6.07) is 4.78. The quantitative estimate of drug-likeness (QED) is 0.127. The molecule has 51 heavy (non-hydrogen) atoms. The van der Waals surface area contributed by atoms with Gasteiger partial charge >= 0.3 is 0 Å². The lowest BCUT2D eigenvalue weighted by Crippen LogP contribution is -2.62. The number of fused-ring (bicyclic) bond motifs is 2. The molecule has 0 aromatic heterocycles. The monoisotopic (exact) mass is 709 g/mol. The second kappa shape index (κ2) is 17.1. The number of nitrogens with zero attached hydrogens (tertiary/aromatic N) is 2. The van der Waals surface area contributed by atoms with Gasteiger partial charge in [0, 0.05) is 47.4 Å². The van der Waals surface area contributed by atoms with Crippen LogP contribution in [0.4, 0.5) is 0 Å². The molecular formula is C40H63N5O6. The minimum Gasteiger partial charge on any atom is -0.496 e. The van der Waals surface area contributed by atoms with Gasteiger partial charge in [0.2, 0.25) is 11.8 Å². The van der Waals surface area contributed by atoms with Crippen LogP contribution in [0.2, 0.25) is 0 Å². The highest BCUT2D eigenvalue weighted by Crippen LogP contribution is 2.61. The number of likely N-dealkylation sites (N-methyl/N-ethyl adjacent to an activating group) is 1. The van der Waals surface area contributed by atoms with Crippen molar-refractivity contribution in [3.63, 3.8) is 0 Å². The SMILES string of the molecule is C=C(N)/C=C(\C=C\C(=O)N[C@@H](CC(C)C)CN(C)C)c1cccc(CN2O[C@@H](CO)[C@@H]([C@H](C)O)[C@H]2C(=O)N[C@H]2C[C@H]3C[C@@H]([C@@H]2C)C3(C)C)c1OC. The summed E-state index contributed by atoms with van der Waals surface area (Å²) in [5.41, 5.74) is 8.63. The first-order chi connectivity index (χ1) is 24.0. The molecule has 0 radical (unpaired) electrons. The van der Waals surface area contributed by atoms with Gasteiger partial charge in [-0.3, -0.25) is 14.4 Å². The van der Waals surface area contributed by atoms with Gasteiger partial charge in [0.25, 0.3) is 0 Å². The third-order valence-corrected chi connectivity index (χ3v) is 11.4. The molecule has 3 saturated carbocycles. The van der Waals surface area contributed by atoms with Crippen molar-refractivity contribution in [3.8, 4) is 5.75 Å². The molecule has 1 aromatic carbocycles. The Bertz CT molecular complexity index is 1440. The average Bonchev–Trinajstić information content (AvgIpc) is 3.41. The third kappa shape index (κ3) is 9.42. The molecule has 4 aliphatic rings. The van der Waals surface area contributed by atoms with Crippen LogP contribution in [-0.4, -0.2) is 96.7 Å². The summed E-state index contributed by atoms with van der Waals surface area (Å²) in [7, 11) is 5.53. The Hall–Kier alpha value is -3.22. The lowest BCUT2D eigenvalue weighted by Gasteiger charge is -2.62. The van der Waals surface area contributed by atoms with E-state index in [0.717, 1.165) is 19.4 Å². The number of nitrogens with two attached hydrogens (primary N) is 1. The number of benzene rings is 1. The molecule has 284 valence electrons. The molecule has 1 heterocycles. The smallest absolute Gasteiger partial charge is 0.244 e. The number of methoxy groups -OCH3 is 1. The fraction of sp³-hybridized carbons (Fsp3) is 0.650. The summed E-state index contributed by atoms with van der Waals surface area (Å²) in [5, 5.41) is 29.2. The number of carbonyl (C=O) groups is 2. The normalized spacial score (nSPS) is 28.8. The Labute approximate surface area is 305 Å². The predicted molar refractivity (Wildman–Crippen MR) is 201 cm³/mol. The highest BCUT2D eigenvalue weighted by molar-refractivity contribution is 5.92. The number of amides is 2. The van der Waals surface area contributed by atoms with Crippen LogP contribution in [0, 0.1) is 35.0 Å². The number of nitrogens with one attached hydrogen (secondary N) is 2. The number of hydroxylamine groups is 2. The summed E-state index contributed by atoms with van der Waals surface area (Å²) in [5.74, 6) is 1.27. The molecule has 0 spiro atoms. The first-order valence-electron chi connectivity index (χ1n) is 18.5. The van der Waals surface area contributed by atoms with Crippen molar-refractivity contribution < 1.29 is 29.4 Å². The Morgan fingerprint density at radius 1 is 1.22 bits per heavy atom. The molecule has 1 aliphatic heterocycles. The number of carbonyl (C=O) groups excluding carboxylic acids is 2. The lowest BCUT2D eigenvalue weighted by atomic mass is 9.45. The summed E-state index contributed by atoms with van der Waals surface area (Å²) in [6.07, 6.45) is 6.15. The molecule has 11 nitrogen and oxygen atoms in total. The number of aliphatic hydroxyl groups is 2. The Morgan fingerprint density at radius 2 is 1.92 bits per heavy atom. The molecular weight excluding hydrogens is 646 g/mol. The highest BCUT2D eigenvalue weighted by atomic mass is 16.7. The van der Waals surface area contributed by atoms with Gasteiger partial charge in [-0.1, -0.05) is 59.4 Å². The van der Waals surface area contributed by atoms with Crippen LogP contribution >= 0.6 is 0 Å². The van der Waals surface area contributed by atoms with Gasteiger partial charge < -0.3 is 36.2 Å². The average molecular weight is 710 g/mol. The molecule has 1 aromatic rings. The molecule has 11 heteroatoms. The summed E-state index contributed by atoms with van der Waals surface area (Å²) in [4.78, 5) is 35.6. The van der Waals surface area contributed by atoms with E-state index < -0.39 is 24.2 Å². The van der Waals surface area contributed by atoms with Crippen LogP contribution in [0.3, 0.4) is 0 Å². The number of aliphatic hydroxyl groups excluding tert-OH is 2. The number of hydrogen-bond acceptors (Lipinski definition) is 9. The van der Waals surface area contributed by atoms with E-state index in [-0.39, 0.29) is 42.5 Å². The standard InChI is InChI=1S/C40H63N5O6/c1-23(2)16-30(21-44(8)9)42-35(48)15-14-27(17-24(3)41)31-13-11-12-28(38(31)50-10)20-45-37(36(26(5)47)34(22-46)51-45)39(49)43-33-19-29-18-32(25(33)4)40(29,6)7/h11-15,17,23,25-26,29-30,32-34,36-37,46-47H,3,16,18-22,41H2,1-2,4-10H3,(H,42,48)(H,43,49)/b15-14+,27-17+/t25-,26-,29+,30-,32-,33-,34-,36+,37-/m0/s1. The van der Waals surface area contributed by atoms with Crippen LogP contribution in [0.5, 0.6) is 5.75 Å². The third-order valence-electron chi connectivity index (χ3n) is 11.4. The van der Waals surface area contributed by atoms with E-state index in [2.05, 4.69) is 56.7 Å². The van der Waals surface area contributed by atoms with Crippen molar-refractivity contribution in [2.75, 3.05) is 34.4 Å². The summed E-state index contributed by atoms with van der Waals surface area (Å²) in [6.45, 7) is 17.1. The highest BCUT2D eigenvalue weighted by Gasteiger charge is 2.57. The van der Waals surface area contributed by atoms with E-state index in [0.29, 0.717) is 51.8 Å². The van der Waals surface area contributed by atoms with Crippen LogP contribution in [0.1, 0.15) is 71.9 Å². The van der Waals surface area contributed by atoms with E-state index in [1.165, 1.54) is 12.5 Å². The van der Waals surface area contributed by atoms with Gasteiger partial charge in [0.1, 0.15) is 17.9 Å². The first-order valence-corrected chi connectivity index (χ1v) is 18.5. The number of ether oxygens (including phenoxy) is 1. The molecule has 5 rings (SSSR count). The predicted octanol–water partition coefficient (Wildman–Crippen LogP) is 3.86. The topological polar surface area (TPSA) is 150 Å². The van der Waals surface area contributed by atoms with Crippen LogP contribution < -0.4 is 21.1 Å². The van der Waals surface area contributed by atoms with Crippen molar-refractivity contribution in [2.24, 2.45) is 40.7 Å². The summed E-state index contributed by atoms with van der Waals surface area (Å²) < 4.78 is 5.97. The van der Waals surface area contributed by atoms with E-state index in [1.54, 1.807) is 31.2 Å². The Kier molecular flexibility index (Phi) is 13.6. The lowest BCUT2D eigenvalue weighted by molar-refractivity contribution is -0.183. The molecule has 0 unspecified atom stereocenters. The van der Waals surface area contributed by atoms with Crippen molar-refractivity contribution in [1.82, 2.24) is 20.6 Å². The number of allylic oxidation sites excluding steroid dienone is 3. The second-order valence-electron chi connectivity index (χ2n) is 16.3. The minimum atomic E-state index is -0.911. The number of rotatable bonds is 16. The second-order valence-corrected chi connectivity index (χ2v) is 16.3. The van der Waals surface area contributed by atoms with Gasteiger partial charge in [-0.05, 0) is 87.1 Å². The van der Waals surface area contributed by atoms with Gasteiger partial charge in [0.15, 0.2) is 0 Å². The zero-order valence-electron chi connectivity index (χ0n) is 32.2. The fourth-order valence-electron chi connectivity index (χ4n) is 8.85. The van der Waals surface area contributed by atoms with Crippen molar-refractivity contribution in [2.45, 2.75) is 97.7 Å². The maximum absolute atomic E-state index is 14.2. The Morgan fingerprint density at radius 3 is 2.47 bits per heavy atom. The molecule has 4 fully saturated rings. The zero-order valence-corrected chi connectivity index (χ0v) is 32.2. The first kappa shape index (κ1) is 40.5. The molecule has 6 N–H and O–H groups in total. The van der Waals surface area contributed by atoms with Gasteiger partial charge in [-0.15, -0.1) is 0 Å². The summed E-state index contributed by atoms with van der Waals surface area (Å²) >= 11 is 0. The van der Waals surface area contributed by atoms with E-state index >= 15 is 0 Å². The van der Waals surface area contributed by atoms with Crippen molar-refractivity contribution >= 4 is 17.4 Å². The van der Waals surface area contributed by atoms with Crippen molar-refractivity contribution in [1.29, 1.82) is 0 Å². The maximum Gasteiger partial charge on any atom is 0.244 e. The fourth-order valence-corrected chi connectivity index (χ4v) is 8.85.